The van der Waals surface area contributed by atoms with Gasteiger partial charge in [-0.15, -0.1) is 22.7 Å². The second-order valence-corrected chi connectivity index (χ2v) is 8.93. The number of ether oxygens (including phenoxy) is 1. The van der Waals surface area contributed by atoms with E-state index in [1.54, 1.807) is 30.2 Å². The Bertz CT molecular complexity index is 870. The van der Waals surface area contributed by atoms with Crippen LogP contribution < -0.4 is 0 Å². The smallest absolute Gasteiger partial charge is 0.309 e. The molecule has 9 heteroatoms. The summed E-state index contributed by atoms with van der Waals surface area (Å²) in [6.45, 7) is 5.00. The molecule has 156 valence electrons. The normalized spacial score (nSPS) is 14.7. The second-order valence-electron chi connectivity index (χ2n) is 6.98. The number of carbonyl (C=O) groups is 3. The molecule has 0 atom stereocenters. The Morgan fingerprint density at radius 1 is 1.31 bits per heavy atom. The van der Waals surface area contributed by atoms with Crippen LogP contribution in [0.3, 0.4) is 0 Å². The molecule has 7 nitrogen and oxygen atoms in total. The van der Waals surface area contributed by atoms with E-state index in [9.17, 15) is 14.4 Å². The van der Waals surface area contributed by atoms with E-state index in [0.29, 0.717) is 43.1 Å². The number of hydrogen-bond donors (Lipinski definition) is 0. The fourth-order valence-corrected chi connectivity index (χ4v) is 5.13. The summed E-state index contributed by atoms with van der Waals surface area (Å²) in [5, 5.41) is 2.80. The Morgan fingerprint density at radius 3 is 2.66 bits per heavy atom. The summed E-state index contributed by atoms with van der Waals surface area (Å²) in [6.07, 6.45) is 1.20. The highest BCUT2D eigenvalue weighted by Crippen LogP contribution is 2.31. The highest BCUT2D eigenvalue weighted by atomic mass is 32.1. The third kappa shape index (κ3) is 5.02. The number of likely N-dealkylation sites (tertiary alicyclic amines) is 1. The molecule has 0 aliphatic carbocycles. The van der Waals surface area contributed by atoms with Crippen molar-refractivity contribution in [3.8, 4) is 9.88 Å². The van der Waals surface area contributed by atoms with Crippen molar-refractivity contribution in [3.05, 3.63) is 28.1 Å². The van der Waals surface area contributed by atoms with Crippen LogP contribution in [0.4, 0.5) is 0 Å². The maximum atomic E-state index is 12.8. The molecule has 3 rings (SSSR count). The first kappa shape index (κ1) is 21.4. The molecule has 0 aromatic carbocycles. The van der Waals surface area contributed by atoms with Gasteiger partial charge in [0, 0.05) is 20.1 Å². The maximum absolute atomic E-state index is 12.8. The highest BCUT2D eigenvalue weighted by molar-refractivity contribution is 7.22. The number of nitrogens with zero attached hydrogens (tertiary/aromatic N) is 3. The summed E-state index contributed by atoms with van der Waals surface area (Å²) >= 11 is 2.94. The molecule has 1 aliphatic heterocycles. The van der Waals surface area contributed by atoms with Gasteiger partial charge in [-0.05, 0) is 38.1 Å². The fourth-order valence-electron chi connectivity index (χ4n) is 3.27. The minimum Gasteiger partial charge on any atom is -0.466 e. The number of carbonyl (C=O) groups excluding carboxylic acids is 3. The average Bonchev–Trinajstić information content (AvgIpc) is 3.37. The van der Waals surface area contributed by atoms with Crippen LogP contribution in [0.25, 0.3) is 9.88 Å². The SMILES string of the molecule is CCOC(=O)C1CCN(C(=O)CN(C)C(=O)c2sc(-c3cccs3)nc2C)CC1. The number of piperidine rings is 1. The topological polar surface area (TPSA) is 79.8 Å². The lowest BCUT2D eigenvalue weighted by molar-refractivity contribution is -0.151. The summed E-state index contributed by atoms with van der Waals surface area (Å²) in [4.78, 5) is 46.6. The minimum atomic E-state index is -0.197. The Kier molecular flexibility index (Phi) is 7.02. The first-order valence-electron chi connectivity index (χ1n) is 9.61. The lowest BCUT2D eigenvalue weighted by Crippen LogP contribution is -2.45. The van der Waals surface area contributed by atoms with Gasteiger partial charge in [0.2, 0.25) is 5.91 Å². The molecule has 1 aliphatic rings. The van der Waals surface area contributed by atoms with Crippen LogP contribution in [0.1, 0.15) is 35.1 Å². The van der Waals surface area contributed by atoms with Gasteiger partial charge >= 0.3 is 5.97 Å². The molecular formula is C20H25N3O4S2. The predicted molar refractivity (Wildman–Crippen MR) is 113 cm³/mol. The average molecular weight is 436 g/mol. The standard InChI is InChI=1S/C20H25N3O4S2/c1-4-27-20(26)14-7-9-23(10-8-14)16(24)12-22(3)19(25)17-13(2)21-18(29-17)15-6-5-11-28-15/h5-6,11,14H,4,7-10,12H2,1-3H3. The van der Waals surface area contributed by atoms with Crippen molar-refractivity contribution < 1.29 is 19.1 Å². The van der Waals surface area contributed by atoms with E-state index in [2.05, 4.69) is 4.98 Å². The number of esters is 1. The molecule has 2 amide bonds. The lowest BCUT2D eigenvalue weighted by Gasteiger charge is -2.32. The van der Waals surface area contributed by atoms with E-state index < -0.39 is 0 Å². The first-order valence-corrected chi connectivity index (χ1v) is 11.3. The molecule has 0 unspecified atom stereocenters. The Hall–Kier alpha value is -2.26. The molecule has 0 saturated carbocycles. The van der Waals surface area contributed by atoms with Crippen molar-refractivity contribution in [2.45, 2.75) is 26.7 Å². The number of hydrogen-bond acceptors (Lipinski definition) is 7. The van der Waals surface area contributed by atoms with Gasteiger partial charge in [-0.1, -0.05) is 6.07 Å². The van der Waals surface area contributed by atoms with E-state index >= 15 is 0 Å². The molecule has 2 aromatic rings. The van der Waals surface area contributed by atoms with Gasteiger partial charge in [0.25, 0.3) is 5.91 Å². The highest BCUT2D eigenvalue weighted by Gasteiger charge is 2.29. The van der Waals surface area contributed by atoms with Crippen molar-refractivity contribution in [2.24, 2.45) is 5.92 Å². The van der Waals surface area contributed by atoms with Gasteiger partial charge in [-0.25, -0.2) is 4.98 Å². The number of thiophene rings is 1. The van der Waals surface area contributed by atoms with Crippen molar-refractivity contribution in [1.29, 1.82) is 0 Å². The summed E-state index contributed by atoms with van der Waals surface area (Å²) in [5.74, 6) is -0.635. The quantitative estimate of drug-likeness (QED) is 0.652. The van der Waals surface area contributed by atoms with Gasteiger partial charge in [0.05, 0.1) is 29.6 Å². The van der Waals surface area contributed by atoms with Crippen molar-refractivity contribution in [2.75, 3.05) is 33.3 Å². The van der Waals surface area contributed by atoms with Crippen LogP contribution in [0.15, 0.2) is 17.5 Å². The molecule has 0 radical (unpaired) electrons. The monoisotopic (exact) mass is 435 g/mol. The molecule has 1 saturated heterocycles. The molecule has 29 heavy (non-hydrogen) atoms. The van der Waals surface area contributed by atoms with Crippen LogP contribution in [0.5, 0.6) is 0 Å². The third-order valence-corrected chi connectivity index (χ3v) is 7.09. The molecule has 2 aromatic heterocycles. The van der Waals surface area contributed by atoms with E-state index in [-0.39, 0.29) is 30.2 Å². The van der Waals surface area contributed by atoms with Gasteiger partial charge in [0.15, 0.2) is 0 Å². The molecule has 0 N–H and O–H groups in total. The maximum Gasteiger partial charge on any atom is 0.309 e. The zero-order valence-electron chi connectivity index (χ0n) is 16.8. The van der Waals surface area contributed by atoms with Crippen molar-refractivity contribution in [1.82, 2.24) is 14.8 Å². The second kappa shape index (κ2) is 9.49. The van der Waals surface area contributed by atoms with Crippen molar-refractivity contribution >= 4 is 40.5 Å². The molecular weight excluding hydrogens is 410 g/mol. The van der Waals surface area contributed by atoms with Crippen LogP contribution in [-0.2, 0) is 14.3 Å². The van der Waals surface area contributed by atoms with E-state index in [4.69, 9.17) is 4.74 Å². The van der Waals surface area contributed by atoms with Gasteiger partial charge in [-0.2, -0.15) is 0 Å². The van der Waals surface area contributed by atoms with Gasteiger partial charge in [0.1, 0.15) is 9.88 Å². The van der Waals surface area contributed by atoms with Crippen LogP contribution in [0, 0.1) is 12.8 Å². The largest absolute Gasteiger partial charge is 0.466 e. The van der Waals surface area contributed by atoms with Crippen LogP contribution >= 0.6 is 22.7 Å². The van der Waals surface area contributed by atoms with Gasteiger partial charge in [-0.3, -0.25) is 14.4 Å². The van der Waals surface area contributed by atoms with Gasteiger partial charge < -0.3 is 14.5 Å². The number of aryl methyl sites for hydroxylation is 1. The van der Waals surface area contributed by atoms with Crippen LogP contribution in [0.2, 0.25) is 0 Å². The zero-order chi connectivity index (χ0) is 21.0. The molecule has 1 fully saturated rings. The van der Waals surface area contributed by atoms with Crippen molar-refractivity contribution in [3.63, 3.8) is 0 Å². The fraction of sp³-hybridized carbons (Fsp3) is 0.500. The summed E-state index contributed by atoms with van der Waals surface area (Å²) in [7, 11) is 1.63. The summed E-state index contributed by atoms with van der Waals surface area (Å²) < 4.78 is 5.06. The van der Waals surface area contributed by atoms with E-state index in [0.717, 1.165) is 9.88 Å². The Morgan fingerprint density at radius 2 is 2.03 bits per heavy atom. The minimum absolute atomic E-state index is 0.00851. The molecule has 0 bridgehead atoms. The van der Waals surface area contributed by atoms with E-state index in [1.807, 2.05) is 24.4 Å². The lowest BCUT2D eigenvalue weighted by atomic mass is 9.97. The number of likely N-dealkylation sites (N-methyl/N-ethyl adjacent to an activating group) is 1. The first-order chi connectivity index (χ1) is 13.9. The number of amides is 2. The predicted octanol–water partition coefficient (Wildman–Crippen LogP) is 3.05. The molecule has 0 spiro atoms. The summed E-state index contributed by atoms with van der Waals surface area (Å²) in [6, 6.07) is 3.93. The summed E-state index contributed by atoms with van der Waals surface area (Å²) in [5.41, 5.74) is 0.679. The third-order valence-electron chi connectivity index (χ3n) is 4.91. The Balaban J connectivity index is 1.56. The van der Waals surface area contributed by atoms with E-state index in [1.165, 1.54) is 16.2 Å². The Labute approximate surface area is 178 Å². The molecule has 3 heterocycles. The number of rotatable bonds is 6. The number of thiazole rings is 1. The van der Waals surface area contributed by atoms with Crippen LogP contribution in [-0.4, -0.2) is 65.9 Å². The number of aromatic nitrogens is 1. The zero-order valence-corrected chi connectivity index (χ0v) is 18.5.